The maximum atomic E-state index is 11.8. The van der Waals surface area contributed by atoms with Gasteiger partial charge < -0.3 is 10.4 Å². The summed E-state index contributed by atoms with van der Waals surface area (Å²) >= 11 is 1.80. The van der Waals surface area contributed by atoms with E-state index >= 15 is 0 Å². The number of amides is 1. The summed E-state index contributed by atoms with van der Waals surface area (Å²) in [5, 5.41) is 11.6. The third-order valence-corrected chi connectivity index (χ3v) is 3.97. The van der Waals surface area contributed by atoms with Crippen LogP contribution in [0.5, 0.6) is 0 Å². The summed E-state index contributed by atoms with van der Waals surface area (Å²) in [6, 6.07) is 3.11. The van der Waals surface area contributed by atoms with E-state index in [1.165, 1.54) is 12.3 Å². The van der Waals surface area contributed by atoms with Crippen molar-refractivity contribution in [1.82, 2.24) is 10.3 Å². The molecule has 18 heavy (non-hydrogen) atoms. The molecule has 96 valence electrons. The van der Waals surface area contributed by atoms with Crippen LogP contribution >= 0.6 is 11.8 Å². The van der Waals surface area contributed by atoms with Gasteiger partial charge in [0.05, 0.1) is 0 Å². The molecule has 1 amide bonds. The molecule has 2 N–H and O–H groups in total. The Kier molecular flexibility index (Phi) is 4.19. The highest BCUT2D eigenvalue weighted by Crippen LogP contribution is 2.23. The molecule has 0 bridgehead atoms. The van der Waals surface area contributed by atoms with Crippen molar-refractivity contribution in [3.63, 3.8) is 0 Å². The molecule has 1 aromatic rings. The van der Waals surface area contributed by atoms with Gasteiger partial charge in [0.2, 0.25) is 5.91 Å². The SMILES string of the molecule is O=C(O)c1ccc(CNC(=O)C2CCSC2)cn1. The predicted octanol–water partition coefficient (Wildman–Crippen LogP) is 1.15. The van der Waals surface area contributed by atoms with E-state index < -0.39 is 5.97 Å². The topological polar surface area (TPSA) is 79.3 Å². The lowest BCUT2D eigenvalue weighted by Crippen LogP contribution is -2.30. The van der Waals surface area contributed by atoms with Crippen LogP contribution in [0, 0.1) is 5.92 Å². The van der Waals surface area contributed by atoms with Crippen molar-refractivity contribution >= 4 is 23.6 Å². The first kappa shape index (κ1) is 12.9. The second kappa shape index (κ2) is 5.86. The Morgan fingerprint density at radius 2 is 2.33 bits per heavy atom. The minimum atomic E-state index is -1.05. The summed E-state index contributed by atoms with van der Waals surface area (Å²) in [6.45, 7) is 0.396. The van der Waals surface area contributed by atoms with Crippen molar-refractivity contribution in [2.24, 2.45) is 5.92 Å². The molecule has 0 spiro atoms. The molecule has 1 atom stereocenters. The predicted molar refractivity (Wildman–Crippen MR) is 68.5 cm³/mol. The lowest BCUT2D eigenvalue weighted by Gasteiger charge is -2.09. The molecule has 1 fully saturated rings. The highest BCUT2D eigenvalue weighted by atomic mass is 32.2. The van der Waals surface area contributed by atoms with Crippen LogP contribution < -0.4 is 5.32 Å². The monoisotopic (exact) mass is 266 g/mol. The van der Waals surface area contributed by atoms with E-state index in [0.29, 0.717) is 6.54 Å². The number of aromatic carboxylic acids is 1. The van der Waals surface area contributed by atoms with Crippen molar-refractivity contribution in [3.8, 4) is 0 Å². The number of carbonyl (C=O) groups is 2. The van der Waals surface area contributed by atoms with Crippen LogP contribution in [0.1, 0.15) is 22.5 Å². The highest BCUT2D eigenvalue weighted by Gasteiger charge is 2.22. The van der Waals surface area contributed by atoms with Gasteiger partial charge in [-0.3, -0.25) is 4.79 Å². The lowest BCUT2D eigenvalue weighted by molar-refractivity contribution is -0.124. The molecule has 1 saturated heterocycles. The number of nitrogens with one attached hydrogen (secondary N) is 1. The van der Waals surface area contributed by atoms with Gasteiger partial charge >= 0.3 is 5.97 Å². The quantitative estimate of drug-likeness (QED) is 0.854. The normalized spacial score (nSPS) is 18.6. The van der Waals surface area contributed by atoms with Crippen molar-refractivity contribution in [1.29, 1.82) is 0 Å². The molecule has 1 aliphatic rings. The summed E-state index contributed by atoms with van der Waals surface area (Å²) in [6.07, 6.45) is 2.42. The van der Waals surface area contributed by atoms with Crippen molar-refractivity contribution in [2.75, 3.05) is 11.5 Å². The second-order valence-electron chi connectivity index (χ2n) is 4.14. The Bertz CT molecular complexity index is 441. The molecular formula is C12H14N2O3S. The zero-order valence-corrected chi connectivity index (χ0v) is 10.6. The third-order valence-electron chi connectivity index (χ3n) is 2.81. The van der Waals surface area contributed by atoms with E-state index in [9.17, 15) is 9.59 Å². The zero-order valence-electron chi connectivity index (χ0n) is 9.76. The summed E-state index contributed by atoms with van der Waals surface area (Å²) in [4.78, 5) is 26.2. The number of hydrogen-bond donors (Lipinski definition) is 2. The Labute approximate surface area is 109 Å². The van der Waals surface area contributed by atoms with Gasteiger partial charge in [-0.1, -0.05) is 6.07 Å². The molecule has 1 unspecified atom stereocenters. The molecule has 0 saturated carbocycles. The number of hydrogen-bond acceptors (Lipinski definition) is 4. The first-order chi connectivity index (χ1) is 8.66. The van der Waals surface area contributed by atoms with Crippen LogP contribution in [0.3, 0.4) is 0 Å². The number of nitrogens with zero attached hydrogens (tertiary/aromatic N) is 1. The summed E-state index contributed by atoms with van der Waals surface area (Å²) in [7, 11) is 0. The van der Waals surface area contributed by atoms with Crippen LogP contribution in [-0.4, -0.2) is 33.5 Å². The fourth-order valence-electron chi connectivity index (χ4n) is 1.73. The van der Waals surface area contributed by atoms with E-state index in [1.807, 2.05) is 0 Å². The van der Waals surface area contributed by atoms with Crippen molar-refractivity contribution in [2.45, 2.75) is 13.0 Å². The van der Waals surface area contributed by atoms with Crippen molar-refractivity contribution < 1.29 is 14.7 Å². The number of rotatable bonds is 4. The number of thioether (sulfide) groups is 1. The molecule has 0 aliphatic carbocycles. The van der Waals surface area contributed by atoms with Gasteiger partial charge in [0.1, 0.15) is 5.69 Å². The molecule has 2 rings (SSSR count). The Morgan fingerprint density at radius 3 is 2.89 bits per heavy atom. The van der Waals surface area contributed by atoms with Gasteiger partial charge in [-0.2, -0.15) is 11.8 Å². The minimum Gasteiger partial charge on any atom is -0.477 e. The molecule has 5 nitrogen and oxygen atoms in total. The van der Waals surface area contributed by atoms with Crippen LogP contribution in [0.15, 0.2) is 18.3 Å². The van der Waals surface area contributed by atoms with Crippen LogP contribution in [0.25, 0.3) is 0 Å². The zero-order chi connectivity index (χ0) is 13.0. The lowest BCUT2D eigenvalue weighted by atomic mass is 10.1. The summed E-state index contributed by atoms with van der Waals surface area (Å²) in [5.74, 6) is 1.08. The van der Waals surface area contributed by atoms with E-state index in [2.05, 4.69) is 10.3 Å². The van der Waals surface area contributed by atoms with Gasteiger partial charge in [-0.15, -0.1) is 0 Å². The fourth-order valence-corrected chi connectivity index (χ4v) is 2.95. The van der Waals surface area contributed by atoms with Gasteiger partial charge in [0, 0.05) is 24.4 Å². The number of pyridine rings is 1. The molecule has 1 aromatic heterocycles. The van der Waals surface area contributed by atoms with Crippen molar-refractivity contribution in [3.05, 3.63) is 29.6 Å². The van der Waals surface area contributed by atoms with Gasteiger partial charge in [0.15, 0.2) is 0 Å². The standard InChI is InChI=1S/C12H14N2O3S/c15-11(9-3-4-18-7-9)14-6-8-1-2-10(12(16)17)13-5-8/h1-2,5,9H,3-4,6-7H2,(H,14,15)(H,16,17). The summed E-state index contributed by atoms with van der Waals surface area (Å²) < 4.78 is 0. The van der Waals surface area contributed by atoms with Gasteiger partial charge in [-0.05, 0) is 23.8 Å². The number of carbonyl (C=O) groups excluding carboxylic acids is 1. The molecule has 2 heterocycles. The van der Waals surface area contributed by atoms with E-state index in [1.54, 1.807) is 17.8 Å². The Balaban J connectivity index is 1.86. The average molecular weight is 266 g/mol. The number of carboxylic acid groups (broad SMARTS) is 1. The average Bonchev–Trinajstić information content (AvgIpc) is 2.90. The Hall–Kier alpha value is -1.56. The van der Waals surface area contributed by atoms with E-state index in [4.69, 9.17) is 5.11 Å². The number of carboxylic acids is 1. The van der Waals surface area contributed by atoms with Gasteiger partial charge in [-0.25, -0.2) is 9.78 Å². The maximum Gasteiger partial charge on any atom is 0.354 e. The largest absolute Gasteiger partial charge is 0.477 e. The van der Waals surface area contributed by atoms with Crippen LogP contribution in [0.2, 0.25) is 0 Å². The molecule has 0 aromatic carbocycles. The first-order valence-corrected chi connectivity index (χ1v) is 6.86. The smallest absolute Gasteiger partial charge is 0.354 e. The molecular weight excluding hydrogens is 252 g/mol. The van der Waals surface area contributed by atoms with Crippen LogP contribution in [0.4, 0.5) is 0 Å². The fraction of sp³-hybridized carbons (Fsp3) is 0.417. The number of aromatic nitrogens is 1. The second-order valence-corrected chi connectivity index (χ2v) is 5.28. The van der Waals surface area contributed by atoms with Crippen LogP contribution in [-0.2, 0) is 11.3 Å². The first-order valence-electron chi connectivity index (χ1n) is 5.70. The maximum absolute atomic E-state index is 11.8. The summed E-state index contributed by atoms with van der Waals surface area (Å²) in [5.41, 5.74) is 0.816. The van der Waals surface area contributed by atoms with Gasteiger partial charge in [0.25, 0.3) is 0 Å². The van der Waals surface area contributed by atoms with E-state index in [0.717, 1.165) is 23.5 Å². The highest BCUT2D eigenvalue weighted by molar-refractivity contribution is 7.99. The minimum absolute atomic E-state index is 0.0114. The molecule has 1 aliphatic heterocycles. The molecule has 0 radical (unpaired) electrons. The third kappa shape index (κ3) is 3.22. The Morgan fingerprint density at radius 1 is 1.50 bits per heavy atom. The molecule has 6 heteroatoms. The van der Waals surface area contributed by atoms with E-state index in [-0.39, 0.29) is 17.5 Å².